The highest BCUT2D eigenvalue weighted by molar-refractivity contribution is 7.92. The molecule has 0 aliphatic heterocycles. The highest BCUT2D eigenvalue weighted by Crippen LogP contribution is 2.34. The normalized spacial score (nSPS) is 17.1. The van der Waals surface area contributed by atoms with E-state index in [9.17, 15) is 34.8 Å². The van der Waals surface area contributed by atoms with Crippen LogP contribution in [0.2, 0.25) is 0 Å². The number of sulfonamides is 1. The standard InChI is InChI=1S/C15H13F6N3O3S/c16-8-4-10(27-15(20)21)13(19)23-14(8)24-28(25,26)11-5-22-9-3-6(12(17)18)1-2-7(9)11/h4-6,12,15,22H,1-3H2,(H,23,24). The second-order valence-corrected chi connectivity index (χ2v) is 7.69. The molecular weight excluding hydrogens is 416 g/mol. The van der Waals surface area contributed by atoms with E-state index in [-0.39, 0.29) is 35.8 Å². The van der Waals surface area contributed by atoms with Gasteiger partial charge in [-0.25, -0.2) is 21.6 Å². The van der Waals surface area contributed by atoms with Gasteiger partial charge in [0.2, 0.25) is 6.43 Å². The number of fused-ring (bicyclic) bond motifs is 1. The quantitative estimate of drug-likeness (QED) is 0.544. The second kappa shape index (κ2) is 7.53. The lowest BCUT2D eigenvalue weighted by atomic mass is 9.88. The molecule has 1 atom stereocenters. The van der Waals surface area contributed by atoms with Crippen LogP contribution >= 0.6 is 0 Å². The summed E-state index contributed by atoms with van der Waals surface area (Å²) in [5.74, 6) is -6.24. The fourth-order valence-corrected chi connectivity index (χ4v) is 4.23. The van der Waals surface area contributed by atoms with Gasteiger partial charge >= 0.3 is 6.61 Å². The minimum atomic E-state index is -4.45. The van der Waals surface area contributed by atoms with Crippen LogP contribution in [0.5, 0.6) is 5.75 Å². The van der Waals surface area contributed by atoms with Crippen LogP contribution in [-0.2, 0) is 22.9 Å². The van der Waals surface area contributed by atoms with E-state index in [0.717, 1.165) is 6.20 Å². The van der Waals surface area contributed by atoms with Crippen LogP contribution in [0.1, 0.15) is 17.7 Å². The maximum atomic E-state index is 14.0. The van der Waals surface area contributed by atoms with Gasteiger partial charge in [0.15, 0.2) is 17.4 Å². The van der Waals surface area contributed by atoms with Gasteiger partial charge in [0.25, 0.3) is 16.0 Å². The topological polar surface area (TPSA) is 84.1 Å². The molecule has 2 aromatic rings. The fraction of sp³-hybridized carbons (Fsp3) is 0.400. The molecule has 0 fully saturated rings. The molecule has 0 spiro atoms. The molecule has 0 saturated heterocycles. The van der Waals surface area contributed by atoms with Gasteiger partial charge in [-0.3, -0.25) is 4.72 Å². The predicted molar refractivity (Wildman–Crippen MR) is 83.9 cm³/mol. The zero-order valence-electron chi connectivity index (χ0n) is 13.9. The van der Waals surface area contributed by atoms with Gasteiger partial charge in [-0.15, -0.1) is 0 Å². The maximum absolute atomic E-state index is 14.0. The summed E-state index contributed by atoms with van der Waals surface area (Å²) in [6.45, 7) is -3.43. The maximum Gasteiger partial charge on any atom is 0.387 e. The van der Waals surface area contributed by atoms with Crippen molar-refractivity contribution in [2.24, 2.45) is 5.92 Å². The first-order valence-electron chi connectivity index (χ1n) is 7.89. The van der Waals surface area contributed by atoms with Crippen LogP contribution in [0.25, 0.3) is 0 Å². The summed E-state index contributed by atoms with van der Waals surface area (Å²) in [6, 6.07) is 0.228. The molecule has 3 rings (SSSR count). The van der Waals surface area contributed by atoms with E-state index in [0.29, 0.717) is 5.69 Å². The van der Waals surface area contributed by atoms with Crippen molar-refractivity contribution < 1.29 is 39.5 Å². The van der Waals surface area contributed by atoms with Crippen molar-refractivity contribution in [1.82, 2.24) is 9.97 Å². The Labute approximate surface area is 155 Å². The van der Waals surface area contributed by atoms with E-state index in [2.05, 4.69) is 14.7 Å². The van der Waals surface area contributed by atoms with Crippen LogP contribution in [-0.4, -0.2) is 31.4 Å². The van der Waals surface area contributed by atoms with E-state index in [1.807, 2.05) is 0 Å². The first-order chi connectivity index (χ1) is 13.1. The van der Waals surface area contributed by atoms with E-state index < -0.39 is 52.3 Å². The van der Waals surface area contributed by atoms with Crippen molar-refractivity contribution in [2.75, 3.05) is 4.72 Å². The molecule has 0 saturated carbocycles. The van der Waals surface area contributed by atoms with Gasteiger partial charge in [-0.05, 0) is 24.8 Å². The summed E-state index contributed by atoms with van der Waals surface area (Å²) >= 11 is 0. The van der Waals surface area contributed by atoms with Gasteiger partial charge in [-0.2, -0.15) is 18.2 Å². The molecule has 0 bridgehead atoms. The molecule has 1 unspecified atom stereocenters. The van der Waals surface area contributed by atoms with Gasteiger partial charge in [0.05, 0.1) is 0 Å². The number of ether oxygens (including phenoxy) is 1. The molecule has 6 nitrogen and oxygen atoms in total. The molecule has 0 radical (unpaired) electrons. The zero-order chi connectivity index (χ0) is 20.6. The lowest BCUT2D eigenvalue weighted by Gasteiger charge is -2.22. The van der Waals surface area contributed by atoms with Crippen molar-refractivity contribution in [3.05, 3.63) is 35.3 Å². The van der Waals surface area contributed by atoms with Gasteiger partial charge in [0, 0.05) is 23.9 Å². The Morgan fingerprint density at radius 2 is 1.96 bits per heavy atom. The van der Waals surface area contributed by atoms with Crippen molar-refractivity contribution in [3.8, 4) is 5.75 Å². The minimum absolute atomic E-state index is 0.0511. The van der Waals surface area contributed by atoms with E-state index in [1.165, 1.54) is 0 Å². The Morgan fingerprint density at radius 3 is 2.61 bits per heavy atom. The summed E-state index contributed by atoms with van der Waals surface area (Å²) in [4.78, 5) is 5.27. The molecule has 0 aromatic carbocycles. The summed E-state index contributed by atoms with van der Waals surface area (Å²) in [7, 11) is -4.45. The molecule has 2 aromatic heterocycles. The van der Waals surface area contributed by atoms with Crippen molar-refractivity contribution in [2.45, 2.75) is 37.2 Å². The SMILES string of the molecule is O=S(=O)(Nc1nc(F)c(OC(F)F)cc1F)c1c[nH]c2c1CCC(C(F)F)C2. The lowest BCUT2D eigenvalue weighted by Crippen LogP contribution is -2.22. The number of pyridine rings is 1. The summed E-state index contributed by atoms with van der Waals surface area (Å²) in [5.41, 5.74) is 0.583. The third-order valence-corrected chi connectivity index (χ3v) is 5.67. The Morgan fingerprint density at radius 1 is 1.25 bits per heavy atom. The average molecular weight is 429 g/mol. The van der Waals surface area contributed by atoms with Crippen LogP contribution < -0.4 is 9.46 Å². The number of aromatic amines is 1. The zero-order valence-corrected chi connectivity index (χ0v) is 14.7. The molecule has 1 aliphatic rings. The molecule has 0 amide bonds. The number of nitrogens with zero attached hydrogens (tertiary/aromatic N) is 1. The lowest BCUT2D eigenvalue weighted by molar-refractivity contribution is -0.0528. The van der Waals surface area contributed by atoms with Crippen LogP contribution in [0.3, 0.4) is 0 Å². The average Bonchev–Trinajstić information content (AvgIpc) is 3.02. The number of rotatable bonds is 6. The fourth-order valence-electron chi connectivity index (χ4n) is 2.96. The molecule has 154 valence electrons. The van der Waals surface area contributed by atoms with Crippen molar-refractivity contribution in [3.63, 3.8) is 0 Å². The minimum Gasteiger partial charge on any atom is -0.430 e. The molecule has 28 heavy (non-hydrogen) atoms. The molecular formula is C15H13F6N3O3S. The van der Waals surface area contributed by atoms with Crippen LogP contribution in [0.4, 0.5) is 32.2 Å². The van der Waals surface area contributed by atoms with E-state index in [4.69, 9.17) is 0 Å². The molecule has 1 aliphatic carbocycles. The number of nitrogens with one attached hydrogen (secondary N) is 2. The number of H-pyrrole nitrogens is 1. The molecule has 2 N–H and O–H groups in total. The second-order valence-electron chi connectivity index (χ2n) is 6.04. The number of anilines is 1. The Hall–Kier alpha value is -2.44. The Bertz CT molecular complexity index is 980. The number of alkyl halides is 4. The van der Waals surface area contributed by atoms with Gasteiger partial charge in [-0.1, -0.05) is 0 Å². The number of hydrogen-bond acceptors (Lipinski definition) is 4. The van der Waals surface area contributed by atoms with Crippen molar-refractivity contribution in [1.29, 1.82) is 0 Å². The summed E-state index contributed by atoms with van der Waals surface area (Å²) in [6.07, 6.45) is -1.43. The number of hydrogen-bond donors (Lipinski definition) is 2. The first-order valence-corrected chi connectivity index (χ1v) is 9.37. The van der Waals surface area contributed by atoms with Crippen molar-refractivity contribution >= 4 is 15.8 Å². The van der Waals surface area contributed by atoms with Crippen LogP contribution in [0.15, 0.2) is 17.2 Å². The third kappa shape index (κ3) is 4.03. The van der Waals surface area contributed by atoms with Gasteiger partial charge in [0.1, 0.15) is 4.90 Å². The Kier molecular flexibility index (Phi) is 5.46. The summed E-state index contributed by atoms with van der Waals surface area (Å²) in [5, 5.41) is 0. The summed E-state index contributed by atoms with van der Waals surface area (Å²) < 4.78 is 108. The number of halogens is 6. The van der Waals surface area contributed by atoms with E-state index >= 15 is 0 Å². The highest BCUT2D eigenvalue weighted by atomic mass is 32.2. The highest BCUT2D eigenvalue weighted by Gasteiger charge is 2.32. The molecule has 13 heteroatoms. The van der Waals surface area contributed by atoms with E-state index in [1.54, 1.807) is 4.72 Å². The smallest absolute Gasteiger partial charge is 0.387 e. The monoisotopic (exact) mass is 429 g/mol. The molecule has 2 heterocycles. The van der Waals surface area contributed by atoms with Gasteiger partial charge < -0.3 is 9.72 Å². The first kappa shape index (κ1) is 20.3. The third-order valence-electron chi connectivity index (χ3n) is 4.26. The Balaban J connectivity index is 1.87. The number of aromatic nitrogens is 2. The largest absolute Gasteiger partial charge is 0.430 e. The van der Waals surface area contributed by atoms with Crippen LogP contribution in [0, 0.1) is 17.7 Å². The predicted octanol–water partition coefficient (Wildman–Crippen LogP) is 3.46.